The molecule has 0 aromatic heterocycles. The second-order valence-electron chi connectivity index (χ2n) is 8.39. The monoisotopic (exact) mass is 460 g/mol. The van der Waals surface area contributed by atoms with Gasteiger partial charge in [0.2, 0.25) is 4.99 Å². The standard InChI is InChI=1S/C29H24N4S/c1-22-29(32(21-23-13-5-2-6-14-23)27-20-12-11-19-26(27)30-22)33(25-17-9-4-10-18-25)31-28(34-29)24-15-7-3-8-16-24/h2-20H,21H2,1H3/t29-/m0/s1. The predicted octanol–water partition coefficient (Wildman–Crippen LogP) is 7.07. The number of benzene rings is 4. The van der Waals surface area contributed by atoms with Crippen LogP contribution >= 0.6 is 11.8 Å². The predicted molar refractivity (Wildman–Crippen MR) is 144 cm³/mol. The van der Waals surface area contributed by atoms with Crippen molar-refractivity contribution in [2.75, 3.05) is 9.91 Å². The lowest BCUT2D eigenvalue weighted by atomic mass is 10.1. The number of aliphatic imine (C=N–C) groups is 1. The molecule has 4 nitrogen and oxygen atoms in total. The van der Waals surface area contributed by atoms with Gasteiger partial charge in [-0.25, -0.2) is 5.01 Å². The van der Waals surface area contributed by atoms with Crippen molar-refractivity contribution < 1.29 is 0 Å². The van der Waals surface area contributed by atoms with Crippen molar-refractivity contribution in [3.8, 4) is 0 Å². The maximum absolute atomic E-state index is 5.21. The van der Waals surface area contributed by atoms with E-state index in [-0.39, 0.29) is 0 Å². The molecular formula is C29H24N4S. The Morgan fingerprint density at radius 1 is 0.735 bits per heavy atom. The summed E-state index contributed by atoms with van der Waals surface area (Å²) in [6, 6.07) is 39.9. The summed E-state index contributed by atoms with van der Waals surface area (Å²) in [5.41, 5.74) is 6.49. The van der Waals surface area contributed by atoms with Crippen molar-refractivity contribution in [2.45, 2.75) is 18.5 Å². The SMILES string of the molecule is CC1=Nc2ccccc2N(Cc2ccccc2)[C@@]12SC(c1ccccc1)=NN2c1ccccc1. The quantitative estimate of drug-likeness (QED) is 0.326. The molecule has 0 aliphatic carbocycles. The molecule has 1 atom stereocenters. The maximum Gasteiger partial charge on any atom is 0.227 e. The fourth-order valence-electron chi connectivity index (χ4n) is 4.61. The lowest BCUT2D eigenvalue weighted by molar-refractivity contribution is 0.629. The number of para-hydroxylation sites is 3. The van der Waals surface area contributed by atoms with E-state index in [9.17, 15) is 0 Å². The number of fused-ring (bicyclic) bond motifs is 1. The third kappa shape index (κ3) is 3.40. The van der Waals surface area contributed by atoms with Gasteiger partial charge in [-0.3, -0.25) is 4.99 Å². The van der Waals surface area contributed by atoms with Gasteiger partial charge >= 0.3 is 0 Å². The minimum Gasteiger partial charge on any atom is -0.327 e. The summed E-state index contributed by atoms with van der Waals surface area (Å²) < 4.78 is 0. The first-order valence-corrected chi connectivity index (χ1v) is 12.2. The molecule has 5 heteroatoms. The maximum atomic E-state index is 5.21. The summed E-state index contributed by atoms with van der Waals surface area (Å²) in [5, 5.41) is 8.34. The zero-order valence-corrected chi connectivity index (χ0v) is 19.7. The van der Waals surface area contributed by atoms with E-state index < -0.39 is 4.99 Å². The second-order valence-corrected chi connectivity index (χ2v) is 9.55. The van der Waals surface area contributed by atoms with Gasteiger partial charge in [-0.1, -0.05) is 91.0 Å². The van der Waals surface area contributed by atoms with Crippen LogP contribution in [-0.4, -0.2) is 15.8 Å². The Labute approximate surface area is 204 Å². The van der Waals surface area contributed by atoms with Gasteiger partial charge < -0.3 is 4.90 Å². The van der Waals surface area contributed by atoms with E-state index in [1.165, 1.54) is 5.56 Å². The van der Waals surface area contributed by atoms with Gasteiger partial charge in [0.25, 0.3) is 0 Å². The molecule has 0 saturated heterocycles. The summed E-state index contributed by atoms with van der Waals surface area (Å²) in [6.45, 7) is 2.86. The van der Waals surface area contributed by atoms with Gasteiger partial charge in [-0.05, 0) is 48.5 Å². The van der Waals surface area contributed by atoms with Gasteiger partial charge in [0, 0.05) is 12.1 Å². The molecule has 0 unspecified atom stereocenters. The lowest BCUT2D eigenvalue weighted by Gasteiger charge is -2.48. The molecule has 166 valence electrons. The van der Waals surface area contributed by atoms with E-state index in [1.807, 2.05) is 12.1 Å². The summed E-state index contributed by atoms with van der Waals surface area (Å²) in [6.07, 6.45) is 0. The highest BCUT2D eigenvalue weighted by Crippen LogP contribution is 2.52. The molecule has 0 N–H and O–H groups in total. The Morgan fingerprint density at radius 2 is 1.35 bits per heavy atom. The van der Waals surface area contributed by atoms with Gasteiger partial charge in [-0.15, -0.1) is 0 Å². The highest BCUT2D eigenvalue weighted by molar-refractivity contribution is 8.16. The highest BCUT2D eigenvalue weighted by atomic mass is 32.2. The summed E-state index contributed by atoms with van der Waals surface area (Å²) in [5.74, 6) is 0. The van der Waals surface area contributed by atoms with Gasteiger partial charge in [-0.2, -0.15) is 5.10 Å². The summed E-state index contributed by atoms with van der Waals surface area (Å²) >= 11 is 1.76. The Morgan fingerprint density at radius 3 is 2.09 bits per heavy atom. The Balaban J connectivity index is 1.56. The molecule has 2 aliphatic heterocycles. The molecule has 1 spiro atoms. The number of rotatable bonds is 4. The zero-order chi connectivity index (χ0) is 23.0. The molecular weight excluding hydrogens is 436 g/mol. The first-order valence-electron chi connectivity index (χ1n) is 11.4. The van der Waals surface area contributed by atoms with E-state index in [0.717, 1.165) is 39.9 Å². The molecule has 0 amide bonds. The van der Waals surface area contributed by atoms with E-state index >= 15 is 0 Å². The molecule has 0 bridgehead atoms. The van der Waals surface area contributed by atoms with E-state index in [2.05, 4.69) is 120 Å². The van der Waals surface area contributed by atoms with Crippen LogP contribution < -0.4 is 9.91 Å². The Bertz CT molecular complexity index is 1370. The van der Waals surface area contributed by atoms with Crippen molar-refractivity contribution in [1.29, 1.82) is 0 Å². The minimum absolute atomic E-state index is 0.628. The van der Waals surface area contributed by atoms with Gasteiger partial charge in [0.1, 0.15) is 5.04 Å². The minimum atomic E-state index is -0.628. The molecule has 4 aromatic rings. The van der Waals surface area contributed by atoms with Crippen LogP contribution in [0.15, 0.2) is 125 Å². The van der Waals surface area contributed by atoms with Crippen molar-refractivity contribution in [3.05, 3.63) is 126 Å². The number of thioether (sulfide) groups is 1. The fourth-order valence-corrected chi connectivity index (χ4v) is 5.96. The Hall–Kier alpha value is -3.83. The first-order chi connectivity index (χ1) is 16.8. The summed E-state index contributed by atoms with van der Waals surface area (Å²) in [7, 11) is 0. The third-order valence-electron chi connectivity index (χ3n) is 6.22. The average molecular weight is 461 g/mol. The molecule has 4 aromatic carbocycles. The van der Waals surface area contributed by atoms with Crippen molar-refractivity contribution in [1.82, 2.24) is 0 Å². The Kier molecular flexibility index (Phi) is 5.19. The molecule has 2 aliphatic rings. The number of anilines is 2. The molecule has 0 saturated carbocycles. The van der Waals surface area contributed by atoms with Crippen LogP contribution in [0.3, 0.4) is 0 Å². The summed E-state index contributed by atoms with van der Waals surface area (Å²) in [4.78, 5) is 6.94. The number of hydrogen-bond acceptors (Lipinski definition) is 5. The van der Waals surface area contributed by atoms with Crippen LogP contribution in [0, 0.1) is 0 Å². The van der Waals surface area contributed by atoms with Crippen LogP contribution in [0.1, 0.15) is 18.1 Å². The number of hydrogen-bond donors (Lipinski definition) is 0. The smallest absolute Gasteiger partial charge is 0.227 e. The van der Waals surface area contributed by atoms with Crippen molar-refractivity contribution >= 4 is 39.6 Å². The van der Waals surface area contributed by atoms with Crippen LogP contribution in [0.5, 0.6) is 0 Å². The second kappa shape index (κ2) is 8.50. The topological polar surface area (TPSA) is 31.2 Å². The normalized spacial score (nSPS) is 19.1. The average Bonchev–Trinajstić information content (AvgIpc) is 3.30. The van der Waals surface area contributed by atoms with Crippen LogP contribution in [0.2, 0.25) is 0 Å². The molecule has 6 rings (SSSR count). The highest BCUT2D eigenvalue weighted by Gasteiger charge is 2.54. The molecule has 2 heterocycles. The zero-order valence-electron chi connectivity index (χ0n) is 18.9. The van der Waals surface area contributed by atoms with Gasteiger partial charge in [0.15, 0.2) is 0 Å². The molecule has 34 heavy (non-hydrogen) atoms. The van der Waals surface area contributed by atoms with E-state index in [0.29, 0.717) is 0 Å². The van der Waals surface area contributed by atoms with Crippen LogP contribution in [-0.2, 0) is 6.54 Å². The fraction of sp³-hybridized carbons (Fsp3) is 0.103. The number of nitrogens with zero attached hydrogens (tertiary/aromatic N) is 4. The number of hydrazone groups is 1. The van der Waals surface area contributed by atoms with Gasteiger partial charge in [0.05, 0.1) is 22.8 Å². The largest absolute Gasteiger partial charge is 0.327 e. The first kappa shape index (κ1) is 20.8. The van der Waals surface area contributed by atoms with Crippen molar-refractivity contribution in [2.24, 2.45) is 10.1 Å². The molecule has 0 fully saturated rings. The lowest BCUT2D eigenvalue weighted by Crippen LogP contribution is -2.61. The van der Waals surface area contributed by atoms with E-state index in [1.54, 1.807) is 11.8 Å². The van der Waals surface area contributed by atoms with Crippen molar-refractivity contribution in [3.63, 3.8) is 0 Å². The van der Waals surface area contributed by atoms with Crippen LogP contribution in [0.25, 0.3) is 0 Å². The third-order valence-corrected chi connectivity index (χ3v) is 7.70. The van der Waals surface area contributed by atoms with E-state index in [4.69, 9.17) is 10.1 Å². The molecule has 0 radical (unpaired) electrons. The van der Waals surface area contributed by atoms with Crippen LogP contribution in [0.4, 0.5) is 17.1 Å².